The molecule has 1 heterocycles. The molecule has 0 aromatic heterocycles. The number of hydrogen-bond donors (Lipinski definition) is 2. The molecule has 0 radical (unpaired) electrons. The molecule has 0 bridgehead atoms. The van der Waals surface area contributed by atoms with Gasteiger partial charge in [-0.1, -0.05) is 22.9 Å². The first kappa shape index (κ1) is 25.5. The Labute approximate surface area is 202 Å². The minimum Gasteiger partial charge on any atom is -0.484 e. The second kappa shape index (κ2) is 10.9. The van der Waals surface area contributed by atoms with Crippen LogP contribution in [0.25, 0.3) is 0 Å². The van der Waals surface area contributed by atoms with Crippen LogP contribution in [0.5, 0.6) is 5.75 Å². The number of halogens is 4. The van der Waals surface area contributed by atoms with Crippen molar-refractivity contribution >= 4 is 45.0 Å². The van der Waals surface area contributed by atoms with Crippen LogP contribution in [0.4, 0.5) is 24.5 Å². The van der Waals surface area contributed by atoms with Gasteiger partial charge in [-0.25, -0.2) is 0 Å². The molecule has 2 aromatic carbocycles. The number of carbonyl (C=O) groups is 3. The molecule has 1 saturated heterocycles. The number of nitrogens with zero attached hydrogens (tertiary/aromatic N) is 1. The Morgan fingerprint density at radius 3 is 2.53 bits per heavy atom. The van der Waals surface area contributed by atoms with Crippen LogP contribution in [0.2, 0.25) is 0 Å². The summed E-state index contributed by atoms with van der Waals surface area (Å²) in [5.41, 5.74) is -0.765. The first-order valence-corrected chi connectivity index (χ1v) is 11.3. The number of ether oxygens (including phenoxy) is 1. The largest absolute Gasteiger partial charge is 0.484 e. The predicted octanol–water partition coefficient (Wildman–Crippen LogP) is 4.36. The van der Waals surface area contributed by atoms with Crippen LogP contribution in [-0.2, 0) is 20.6 Å². The molecule has 7 nitrogen and oxygen atoms in total. The van der Waals surface area contributed by atoms with Gasteiger partial charge in [0.1, 0.15) is 5.75 Å². The summed E-state index contributed by atoms with van der Waals surface area (Å²) in [6, 6.07) is 9.75. The van der Waals surface area contributed by atoms with E-state index in [-0.39, 0.29) is 34.9 Å². The monoisotopic (exact) mass is 541 g/mol. The number of anilines is 2. The number of rotatable bonds is 8. The van der Waals surface area contributed by atoms with E-state index in [0.29, 0.717) is 18.0 Å². The zero-order chi connectivity index (χ0) is 24.9. The highest BCUT2D eigenvalue weighted by molar-refractivity contribution is 9.10. The molecular weight excluding hydrogens is 519 g/mol. The first-order chi connectivity index (χ1) is 16.1. The number of alkyl halides is 3. The molecule has 0 aliphatic carbocycles. The number of hydrogen-bond acceptors (Lipinski definition) is 4. The SMILES string of the molecule is CCCNC(=O)[C@H]1CC(=O)N(c2ccc(OCC(=O)Nc3ccc(Br)cc3C(F)(F)F)cc2)C1. The fourth-order valence-electron chi connectivity index (χ4n) is 3.44. The molecule has 2 N–H and O–H groups in total. The molecule has 0 saturated carbocycles. The van der Waals surface area contributed by atoms with Crippen LogP contribution in [-0.4, -0.2) is 37.4 Å². The molecule has 0 spiro atoms. The summed E-state index contributed by atoms with van der Waals surface area (Å²) in [5.74, 6) is -1.19. The molecule has 1 aliphatic rings. The maximum Gasteiger partial charge on any atom is 0.418 e. The van der Waals surface area contributed by atoms with E-state index in [1.165, 1.54) is 11.0 Å². The Kier molecular flexibility index (Phi) is 8.19. The summed E-state index contributed by atoms with van der Waals surface area (Å²) in [7, 11) is 0. The Balaban J connectivity index is 1.56. The molecular formula is C23H23BrF3N3O4. The Bertz CT molecular complexity index is 1060. The van der Waals surface area contributed by atoms with Gasteiger partial charge >= 0.3 is 6.18 Å². The second-order valence-corrected chi connectivity index (χ2v) is 8.63. The summed E-state index contributed by atoms with van der Waals surface area (Å²) in [4.78, 5) is 38.1. The zero-order valence-electron chi connectivity index (χ0n) is 18.2. The average Bonchev–Trinajstić information content (AvgIpc) is 3.18. The molecule has 1 atom stereocenters. The third-order valence-electron chi connectivity index (χ3n) is 5.12. The molecule has 34 heavy (non-hydrogen) atoms. The molecule has 2 aromatic rings. The minimum atomic E-state index is -4.63. The van der Waals surface area contributed by atoms with Gasteiger partial charge < -0.3 is 20.3 Å². The standard InChI is InChI=1S/C23H23BrF3N3O4/c1-2-9-28-22(33)14-10-21(32)30(12-14)16-4-6-17(7-5-16)34-13-20(31)29-19-8-3-15(24)11-18(19)23(25,26)27/h3-8,11,14H,2,9-10,12-13H2,1H3,(H,28,33)(H,29,31)/t14-/m0/s1. The molecule has 1 aliphatic heterocycles. The van der Waals surface area contributed by atoms with Crippen molar-refractivity contribution in [2.45, 2.75) is 25.9 Å². The molecule has 11 heteroatoms. The van der Waals surface area contributed by atoms with Crippen molar-refractivity contribution in [1.82, 2.24) is 5.32 Å². The van der Waals surface area contributed by atoms with Crippen molar-refractivity contribution in [3.05, 3.63) is 52.5 Å². The highest BCUT2D eigenvalue weighted by Crippen LogP contribution is 2.36. The van der Waals surface area contributed by atoms with Crippen LogP contribution < -0.4 is 20.3 Å². The number of nitrogens with one attached hydrogen (secondary N) is 2. The van der Waals surface area contributed by atoms with Gasteiger partial charge in [-0.3, -0.25) is 14.4 Å². The van der Waals surface area contributed by atoms with Crippen LogP contribution in [0.3, 0.4) is 0 Å². The van der Waals surface area contributed by atoms with Crippen molar-refractivity contribution in [3.8, 4) is 5.75 Å². The lowest BCUT2D eigenvalue weighted by Crippen LogP contribution is -2.33. The highest BCUT2D eigenvalue weighted by Gasteiger charge is 2.35. The molecule has 3 rings (SSSR count). The summed E-state index contributed by atoms with van der Waals surface area (Å²) < 4.78 is 45.2. The Morgan fingerprint density at radius 2 is 1.88 bits per heavy atom. The van der Waals surface area contributed by atoms with Gasteiger partial charge in [-0.15, -0.1) is 0 Å². The lowest BCUT2D eigenvalue weighted by molar-refractivity contribution is -0.137. The van der Waals surface area contributed by atoms with E-state index in [2.05, 4.69) is 26.6 Å². The van der Waals surface area contributed by atoms with Gasteiger partial charge in [0, 0.05) is 29.7 Å². The smallest absolute Gasteiger partial charge is 0.418 e. The lowest BCUT2D eigenvalue weighted by atomic mass is 10.1. The van der Waals surface area contributed by atoms with Crippen LogP contribution in [0, 0.1) is 5.92 Å². The van der Waals surface area contributed by atoms with E-state index in [1.807, 2.05) is 6.92 Å². The van der Waals surface area contributed by atoms with E-state index in [1.54, 1.807) is 24.3 Å². The Morgan fingerprint density at radius 1 is 1.18 bits per heavy atom. The maximum absolute atomic E-state index is 13.2. The van der Waals surface area contributed by atoms with E-state index in [4.69, 9.17) is 4.74 Å². The van der Waals surface area contributed by atoms with Crippen LogP contribution in [0.15, 0.2) is 46.9 Å². The molecule has 3 amide bonds. The van der Waals surface area contributed by atoms with Crippen molar-refractivity contribution in [1.29, 1.82) is 0 Å². The van der Waals surface area contributed by atoms with Gasteiger partial charge in [0.05, 0.1) is 17.2 Å². The van der Waals surface area contributed by atoms with Gasteiger partial charge in [0.15, 0.2) is 6.61 Å². The summed E-state index contributed by atoms with van der Waals surface area (Å²) >= 11 is 2.99. The van der Waals surface area contributed by atoms with Crippen molar-refractivity contribution in [2.24, 2.45) is 5.92 Å². The predicted molar refractivity (Wildman–Crippen MR) is 123 cm³/mol. The van der Waals surface area contributed by atoms with Gasteiger partial charge in [-0.2, -0.15) is 13.2 Å². The number of benzene rings is 2. The van der Waals surface area contributed by atoms with Gasteiger partial charge in [0.25, 0.3) is 5.91 Å². The lowest BCUT2D eigenvalue weighted by Gasteiger charge is -2.17. The summed E-state index contributed by atoms with van der Waals surface area (Å²) in [5, 5.41) is 5.01. The van der Waals surface area contributed by atoms with Crippen molar-refractivity contribution in [3.63, 3.8) is 0 Å². The van der Waals surface area contributed by atoms with Crippen LogP contribution in [0.1, 0.15) is 25.3 Å². The highest BCUT2D eigenvalue weighted by atomic mass is 79.9. The quantitative estimate of drug-likeness (QED) is 0.519. The molecule has 0 unspecified atom stereocenters. The first-order valence-electron chi connectivity index (χ1n) is 10.6. The van der Waals surface area contributed by atoms with Crippen LogP contribution >= 0.6 is 15.9 Å². The summed E-state index contributed by atoms with van der Waals surface area (Å²) in [6.45, 7) is 2.27. The number of carbonyl (C=O) groups excluding carboxylic acids is 3. The van der Waals surface area contributed by atoms with E-state index < -0.39 is 30.2 Å². The molecule has 182 valence electrons. The van der Waals surface area contributed by atoms with E-state index in [0.717, 1.165) is 18.6 Å². The fraction of sp³-hybridized carbons (Fsp3) is 0.348. The van der Waals surface area contributed by atoms with E-state index >= 15 is 0 Å². The van der Waals surface area contributed by atoms with Crippen molar-refractivity contribution < 1.29 is 32.3 Å². The third-order valence-corrected chi connectivity index (χ3v) is 5.62. The molecule has 1 fully saturated rings. The summed E-state index contributed by atoms with van der Waals surface area (Å²) in [6.07, 6.45) is -3.70. The van der Waals surface area contributed by atoms with Gasteiger partial charge in [0.2, 0.25) is 11.8 Å². The normalized spacial score (nSPS) is 15.9. The minimum absolute atomic E-state index is 0.129. The van der Waals surface area contributed by atoms with Crippen molar-refractivity contribution in [2.75, 3.05) is 29.9 Å². The zero-order valence-corrected chi connectivity index (χ0v) is 19.8. The Hall–Kier alpha value is -3.08. The number of amides is 3. The van der Waals surface area contributed by atoms with E-state index in [9.17, 15) is 27.6 Å². The third kappa shape index (κ3) is 6.49. The second-order valence-electron chi connectivity index (χ2n) is 7.71. The maximum atomic E-state index is 13.2. The van der Waals surface area contributed by atoms with Gasteiger partial charge in [-0.05, 0) is 48.9 Å². The average molecular weight is 542 g/mol. The topological polar surface area (TPSA) is 87.7 Å². The fourth-order valence-corrected chi connectivity index (χ4v) is 3.80.